The quantitative estimate of drug-likeness (QED) is 0.676. The van der Waals surface area contributed by atoms with Crippen LogP contribution < -0.4 is 5.73 Å². The van der Waals surface area contributed by atoms with Crippen LogP contribution in [0, 0.1) is 11.8 Å². The van der Waals surface area contributed by atoms with Crippen LogP contribution in [0.25, 0.3) is 0 Å². The Morgan fingerprint density at radius 3 is 2.31 bits per heavy atom. The Hall–Kier alpha value is -0.610. The van der Waals surface area contributed by atoms with Crippen molar-refractivity contribution in [3.8, 4) is 0 Å². The maximum Gasteiger partial charge on any atom is 0.310 e. The Balaban J connectivity index is 3.98. The van der Waals surface area contributed by atoms with Crippen LogP contribution in [0.4, 0.5) is 0 Å². The average Bonchev–Trinajstić information content (AvgIpc) is 2.18. The van der Waals surface area contributed by atoms with E-state index in [4.69, 9.17) is 15.2 Å². The molecule has 0 saturated carbocycles. The first-order chi connectivity index (χ1) is 7.34. The molecule has 0 aliphatic heterocycles. The molecule has 2 N–H and O–H groups in total. The van der Waals surface area contributed by atoms with E-state index in [1.807, 2.05) is 27.7 Å². The lowest BCUT2D eigenvalue weighted by molar-refractivity contribution is -0.151. The van der Waals surface area contributed by atoms with Gasteiger partial charge < -0.3 is 15.2 Å². The summed E-state index contributed by atoms with van der Waals surface area (Å²) in [6.07, 6.45) is 0.685. The van der Waals surface area contributed by atoms with Gasteiger partial charge in [0, 0.05) is 20.1 Å². The van der Waals surface area contributed by atoms with Crippen molar-refractivity contribution in [2.75, 3.05) is 20.3 Å². The number of methoxy groups -OCH3 is 1. The van der Waals surface area contributed by atoms with E-state index in [9.17, 15) is 4.79 Å². The molecule has 4 heteroatoms. The highest BCUT2D eigenvalue weighted by Crippen LogP contribution is 2.15. The zero-order valence-corrected chi connectivity index (χ0v) is 11.1. The SMILES string of the molecule is COC(C)(C)CCOC(=O)C(CN)C(C)C. The molecule has 0 heterocycles. The Morgan fingerprint density at radius 1 is 1.38 bits per heavy atom. The molecule has 0 spiro atoms. The first-order valence-electron chi connectivity index (χ1n) is 5.76. The maximum absolute atomic E-state index is 11.6. The first kappa shape index (κ1) is 15.4. The van der Waals surface area contributed by atoms with Crippen LogP contribution >= 0.6 is 0 Å². The fourth-order valence-electron chi connectivity index (χ4n) is 1.25. The van der Waals surface area contributed by atoms with Gasteiger partial charge in [0.1, 0.15) is 0 Å². The lowest BCUT2D eigenvalue weighted by atomic mass is 9.96. The van der Waals surface area contributed by atoms with Crippen LogP contribution in [-0.4, -0.2) is 31.8 Å². The predicted molar refractivity (Wildman–Crippen MR) is 64.0 cm³/mol. The lowest BCUT2D eigenvalue weighted by Crippen LogP contribution is -2.32. The van der Waals surface area contributed by atoms with Crippen molar-refractivity contribution in [3.05, 3.63) is 0 Å². The fraction of sp³-hybridized carbons (Fsp3) is 0.917. The summed E-state index contributed by atoms with van der Waals surface area (Å²) in [5, 5.41) is 0. The number of nitrogens with two attached hydrogens (primary N) is 1. The third kappa shape index (κ3) is 5.47. The average molecular weight is 231 g/mol. The van der Waals surface area contributed by atoms with Gasteiger partial charge in [-0.2, -0.15) is 0 Å². The molecule has 0 bridgehead atoms. The molecule has 0 saturated heterocycles. The molecule has 1 atom stereocenters. The van der Waals surface area contributed by atoms with E-state index < -0.39 is 0 Å². The molecule has 0 aromatic carbocycles. The van der Waals surface area contributed by atoms with Gasteiger partial charge in [-0.05, 0) is 19.8 Å². The van der Waals surface area contributed by atoms with Crippen LogP contribution in [0.2, 0.25) is 0 Å². The molecular weight excluding hydrogens is 206 g/mol. The molecule has 4 nitrogen and oxygen atoms in total. The summed E-state index contributed by atoms with van der Waals surface area (Å²) in [5.41, 5.74) is 5.28. The summed E-state index contributed by atoms with van der Waals surface area (Å²) in [7, 11) is 1.65. The molecule has 0 aromatic rings. The van der Waals surface area contributed by atoms with E-state index in [2.05, 4.69) is 0 Å². The monoisotopic (exact) mass is 231 g/mol. The summed E-state index contributed by atoms with van der Waals surface area (Å²) in [5.74, 6) is -0.192. The first-order valence-corrected chi connectivity index (χ1v) is 5.76. The van der Waals surface area contributed by atoms with E-state index in [-0.39, 0.29) is 23.4 Å². The second-order valence-electron chi connectivity index (χ2n) is 4.97. The summed E-state index contributed by atoms with van der Waals surface area (Å²) in [6, 6.07) is 0. The van der Waals surface area contributed by atoms with Gasteiger partial charge in [-0.3, -0.25) is 4.79 Å². The van der Waals surface area contributed by atoms with Gasteiger partial charge in [0.25, 0.3) is 0 Å². The number of ether oxygens (including phenoxy) is 2. The molecule has 0 rings (SSSR count). The lowest BCUT2D eigenvalue weighted by Gasteiger charge is -2.23. The second kappa shape index (κ2) is 6.86. The second-order valence-corrected chi connectivity index (χ2v) is 4.97. The van der Waals surface area contributed by atoms with E-state index >= 15 is 0 Å². The molecule has 0 radical (unpaired) electrons. The van der Waals surface area contributed by atoms with Crippen molar-refractivity contribution in [2.45, 2.75) is 39.7 Å². The summed E-state index contributed by atoms with van der Waals surface area (Å²) in [4.78, 5) is 11.6. The van der Waals surface area contributed by atoms with Crippen molar-refractivity contribution in [3.63, 3.8) is 0 Å². The number of hydrogen-bond donors (Lipinski definition) is 1. The minimum Gasteiger partial charge on any atom is -0.465 e. The van der Waals surface area contributed by atoms with Crippen LogP contribution in [0.1, 0.15) is 34.1 Å². The maximum atomic E-state index is 11.6. The Bertz CT molecular complexity index is 214. The molecule has 0 aliphatic carbocycles. The molecule has 16 heavy (non-hydrogen) atoms. The number of carbonyl (C=O) groups excluding carboxylic acids is 1. The predicted octanol–water partition coefficient (Wildman–Crippen LogP) is 1.58. The molecule has 96 valence electrons. The molecule has 0 fully saturated rings. The van der Waals surface area contributed by atoms with Crippen molar-refractivity contribution < 1.29 is 14.3 Å². The third-order valence-corrected chi connectivity index (χ3v) is 2.86. The van der Waals surface area contributed by atoms with Gasteiger partial charge in [-0.15, -0.1) is 0 Å². The Kier molecular flexibility index (Phi) is 6.60. The van der Waals surface area contributed by atoms with E-state index in [0.29, 0.717) is 19.6 Å². The fourth-order valence-corrected chi connectivity index (χ4v) is 1.25. The highest BCUT2D eigenvalue weighted by Gasteiger charge is 2.23. The smallest absolute Gasteiger partial charge is 0.310 e. The molecule has 0 aliphatic rings. The van der Waals surface area contributed by atoms with Crippen molar-refractivity contribution in [1.82, 2.24) is 0 Å². The highest BCUT2D eigenvalue weighted by atomic mass is 16.5. The largest absolute Gasteiger partial charge is 0.465 e. The van der Waals surface area contributed by atoms with E-state index in [1.54, 1.807) is 7.11 Å². The highest BCUT2D eigenvalue weighted by molar-refractivity contribution is 5.72. The third-order valence-electron chi connectivity index (χ3n) is 2.86. The molecular formula is C12H25NO3. The minimum atomic E-state index is -0.254. The molecule has 1 unspecified atom stereocenters. The molecule has 0 amide bonds. The zero-order valence-electron chi connectivity index (χ0n) is 11.1. The van der Waals surface area contributed by atoms with Gasteiger partial charge in [-0.1, -0.05) is 13.8 Å². The summed E-state index contributed by atoms with van der Waals surface area (Å²) in [6.45, 7) is 8.58. The van der Waals surface area contributed by atoms with Gasteiger partial charge >= 0.3 is 5.97 Å². The standard InChI is InChI=1S/C12H25NO3/c1-9(2)10(8-13)11(14)16-7-6-12(3,4)15-5/h9-10H,6-8,13H2,1-5H3. The Morgan fingerprint density at radius 2 is 1.94 bits per heavy atom. The van der Waals surface area contributed by atoms with Gasteiger partial charge in [0.15, 0.2) is 0 Å². The topological polar surface area (TPSA) is 61.5 Å². The summed E-state index contributed by atoms with van der Waals surface area (Å²) >= 11 is 0. The normalized spacial score (nSPS) is 13.9. The van der Waals surface area contributed by atoms with Crippen LogP contribution in [0.15, 0.2) is 0 Å². The van der Waals surface area contributed by atoms with Crippen LogP contribution in [-0.2, 0) is 14.3 Å². The number of esters is 1. The number of rotatable bonds is 7. The van der Waals surface area contributed by atoms with E-state index in [1.165, 1.54) is 0 Å². The van der Waals surface area contributed by atoms with Gasteiger partial charge in [0.05, 0.1) is 18.1 Å². The number of carbonyl (C=O) groups is 1. The van der Waals surface area contributed by atoms with Crippen molar-refractivity contribution in [1.29, 1.82) is 0 Å². The number of hydrogen-bond acceptors (Lipinski definition) is 4. The van der Waals surface area contributed by atoms with Gasteiger partial charge in [0.2, 0.25) is 0 Å². The van der Waals surface area contributed by atoms with Crippen molar-refractivity contribution in [2.24, 2.45) is 17.6 Å². The Labute approximate surface area is 98.5 Å². The van der Waals surface area contributed by atoms with E-state index in [0.717, 1.165) is 0 Å². The minimum absolute atomic E-state index is 0.203. The summed E-state index contributed by atoms with van der Waals surface area (Å²) < 4.78 is 10.4. The van der Waals surface area contributed by atoms with Gasteiger partial charge in [-0.25, -0.2) is 0 Å². The van der Waals surface area contributed by atoms with Crippen LogP contribution in [0.5, 0.6) is 0 Å². The van der Waals surface area contributed by atoms with Crippen LogP contribution in [0.3, 0.4) is 0 Å². The zero-order chi connectivity index (χ0) is 12.8. The van der Waals surface area contributed by atoms with Crippen molar-refractivity contribution >= 4 is 5.97 Å². The molecule has 0 aromatic heterocycles.